The largest absolute Gasteiger partial charge is 0.469 e. The number of methoxy groups -OCH3 is 1. The number of carbonyl (C=O) groups excluding carboxylic acids is 2. The molecule has 0 unspecified atom stereocenters. The molecule has 0 bridgehead atoms. The van der Waals surface area contributed by atoms with Crippen LogP contribution in [0.2, 0.25) is 0 Å². The van der Waals surface area contributed by atoms with Crippen LogP contribution >= 0.6 is 0 Å². The van der Waals surface area contributed by atoms with E-state index in [4.69, 9.17) is 5.26 Å². The van der Waals surface area contributed by atoms with Crippen LogP contribution < -0.4 is 0 Å². The van der Waals surface area contributed by atoms with Gasteiger partial charge >= 0.3 is 5.97 Å². The molecule has 1 aromatic rings. The first-order valence-corrected chi connectivity index (χ1v) is 5.73. The Morgan fingerprint density at radius 1 is 1.21 bits per heavy atom. The summed E-state index contributed by atoms with van der Waals surface area (Å²) in [5.74, 6) is 5.00. The van der Waals surface area contributed by atoms with Crippen molar-refractivity contribution in [3.63, 3.8) is 0 Å². The standard InChI is InChI=1S/C15H13NO3/c1-19-15(18)10-9-14(17)13-7-5-12(6-8-13)4-2-3-11-16/h5-8H,3,9-10H2,1H3. The number of benzene rings is 1. The van der Waals surface area contributed by atoms with Gasteiger partial charge in [0.25, 0.3) is 0 Å². The summed E-state index contributed by atoms with van der Waals surface area (Å²) >= 11 is 0. The molecule has 0 spiro atoms. The second-order valence-electron chi connectivity index (χ2n) is 3.71. The van der Waals surface area contributed by atoms with Gasteiger partial charge in [-0.15, -0.1) is 0 Å². The molecule has 19 heavy (non-hydrogen) atoms. The van der Waals surface area contributed by atoms with Crippen molar-refractivity contribution in [1.29, 1.82) is 5.26 Å². The molecular weight excluding hydrogens is 242 g/mol. The molecule has 0 fully saturated rings. The lowest BCUT2D eigenvalue weighted by atomic mass is 10.0. The Bertz CT molecular complexity index is 556. The minimum atomic E-state index is -0.396. The van der Waals surface area contributed by atoms with Crippen molar-refractivity contribution in [1.82, 2.24) is 0 Å². The van der Waals surface area contributed by atoms with E-state index in [1.165, 1.54) is 7.11 Å². The highest BCUT2D eigenvalue weighted by Gasteiger charge is 2.08. The molecule has 0 saturated carbocycles. The molecule has 0 amide bonds. The molecular formula is C15H13NO3. The maximum absolute atomic E-state index is 11.7. The minimum absolute atomic E-state index is 0.0824. The zero-order valence-electron chi connectivity index (χ0n) is 10.6. The SMILES string of the molecule is COC(=O)CCC(=O)c1ccc(C#CCC#N)cc1. The van der Waals surface area contributed by atoms with Gasteiger partial charge in [0.05, 0.1) is 26.0 Å². The number of Topliss-reactive ketones (excluding diaryl/α,β-unsaturated/α-hetero) is 1. The Hall–Kier alpha value is -2.59. The summed E-state index contributed by atoms with van der Waals surface area (Å²) in [7, 11) is 1.29. The van der Waals surface area contributed by atoms with Gasteiger partial charge in [-0.2, -0.15) is 5.26 Å². The first kappa shape index (κ1) is 14.5. The Morgan fingerprint density at radius 2 is 1.89 bits per heavy atom. The van der Waals surface area contributed by atoms with E-state index in [0.29, 0.717) is 5.56 Å². The van der Waals surface area contributed by atoms with Crippen molar-refractivity contribution < 1.29 is 14.3 Å². The van der Waals surface area contributed by atoms with Crippen LogP contribution in [-0.4, -0.2) is 18.9 Å². The van der Waals surface area contributed by atoms with E-state index in [0.717, 1.165) is 5.56 Å². The van der Waals surface area contributed by atoms with Crippen molar-refractivity contribution in [2.75, 3.05) is 7.11 Å². The van der Waals surface area contributed by atoms with Crippen molar-refractivity contribution in [3.05, 3.63) is 35.4 Å². The molecule has 0 aromatic heterocycles. The van der Waals surface area contributed by atoms with Crippen LogP contribution in [0.15, 0.2) is 24.3 Å². The fraction of sp³-hybridized carbons (Fsp3) is 0.267. The second kappa shape index (κ2) is 7.68. The number of carbonyl (C=O) groups is 2. The molecule has 0 aliphatic rings. The lowest BCUT2D eigenvalue weighted by molar-refractivity contribution is -0.140. The fourth-order valence-electron chi connectivity index (χ4n) is 1.39. The predicted octanol–water partition coefficient (Wildman–Crippen LogP) is 2.09. The lowest BCUT2D eigenvalue weighted by Gasteiger charge is -2.00. The molecule has 0 atom stereocenters. The number of nitrogens with zero attached hydrogens (tertiary/aromatic N) is 1. The number of nitriles is 1. The van der Waals surface area contributed by atoms with Crippen molar-refractivity contribution in [2.45, 2.75) is 19.3 Å². The summed E-state index contributed by atoms with van der Waals surface area (Å²) in [5.41, 5.74) is 1.29. The predicted molar refractivity (Wildman–Crippen MR) is 69.1 cm³/mol. The van der Waals surface area contributed by atoms with Gasteiger partial charge < -0.3 is 4.74 Å². The zero-order chi connectivity index (χ0) is 14.1. The van der Waals surface area contributed by atoms with E-state index in [1.807, 2.05) is 6.07 Å². The normalized spacial score (nSPS) is 8.84. The number of hydrogen-bond acceptors (Lipinski definition) is 4. The van der Waals surface area contributed by atoms with E-state index in [1.54, 1.807) is 24.3 Å². The van der Waals surface area contributed by atoms with Gasteiger partial charge in [-0.3, -0.25) is 9.59 Å². The average molecular weight is 255 g/mol. The fourth-order valence-corrected chi connectivity index (χ4v) is 1.39. The number of ketones is 1. The summed E-state index contributed by atoms with van der Waals surface area (Å²) in [5, 5.41) is 8.35. The molecule has 0 saturated heterocycles. The number of rotatable bonds is 4. The van der Waals surface area contributed by atoms with Gasteiger partial charge in [-0.1, -0.05) is 24.0 Å². The van der Waals surface area contributed by atoms with E-state index < -0.39 is 5.97 Å². The average Bonchev–Trinajstić information content (AvgIpc) is 2.45. The molecule has 4 nitrogen and oxygen atoms in total. The first-order valence-electron chi connectivity index (χ1n) is 5.73. The van der Waals surface area contributed by atoms with Crippen LogP contribution in [-0.2, 0) is 9.53 Å². The molecule has 0 N–H and O–H groups in total. The third-order valence-corrected chi connectivity index (χ3v) is 2.39. The lowest BCUT2D eigenvalue weighted by Crippen LogP contribution is -2.05. The van der Waals surface area contributed by atoms with Crippen LogP contribution in [0.4, 0.5) is 0 Å². The van der Waals surface area contributed by atoms with Crippen LogP contribution in [0, 0.1) is 23.2 Å². The van der Waals surface area contributed by atoms with Crippen molar-refractivity contribution >= 4 is 11.8 Å². The van der Waals surface area contributed by atoms with Gasteiger partial charge in [0.2, 0.25) is 0 Å². The molecule has 0 aliphatic heterocycles. The number of esters is 1. The summed E-state index contributed by atoms with van der Waals surface area (Å²) in [4.78, 5) is 22.7. The minimum Gasteiger partial charge on any atom is -0.469 e. The van der Waals surface area contributed by atoms with Crippen LogP contribution in [0.1, 0.15) is 35.2 Å². The maximum atomic E-state index is 11.7. The molecule has 0 aliphatic carbocycles. The van der Waals surface area contributed by atoms with Gasteiger partial charge in [-0.05, 0) is 12.1 Å². The highest BCUT2D eigenvalue weighted by molar-refractivity contribution is 5.97. The quantitative estimate of drug-likeness (QED) is 0.469. The number of hydrogen-bond donors (Lipinski definition) is 0. The zero-order valence-corrected chi connectivity index (χ0v) is 10.6. The van der Waals surface area contributed by atoms with Gasteiger partial charge in [0, 0.05) is 17.5 Å². The number of ether oxygens (including phenoxy) is 1. The van der Waals surface area contributed by atoms with Crippen LogP contribution in [0.25, 0.3) is 0 Å². The maximum Gasteiger partial charge on any atom is 0.305 e. The first-order chi connectivity index (χ1) is 9.17. The summed E-state index contributed by atoms with van der Waals surface area (Å²) in [6, 6.07) is 8.69. The third-order valence-electron chi connectivity index (χ3n) is 2.39. The smallest absolute Gasteiger partial charge is 0.305 e. The summed E-state index contributed by atoms with van der Waals surface area (Å²) in [6.45, 7) is 0. The Morgan fingerprint density at radius 3 is 2.47 bits per heavy atom. The molecule has 1 aromatic carbocycles. The highest BCUT2D eigenvalue weighted by atomic mass is 16.5. The van der Waals surface area contributed by atoms with Gasteiger partial charge in [-0.25, -0.2) is 0 Å². The van der Waals surface area contributed by atoms with E-state index in [-0.39, 0.29) is 25.0 Å². The molecule has 96 valence electrons. The van der Waals surface area contributed by atoms with E-state index in [2.05, 4.69) is 16.6 Å². The molecule has 1 rings (SSSR count). The molecule has 4 heteroatoms. The third kappa shape index (κ3) is 5.06. The van der Waals surface area contributed by atoms with Crippen molar-refractivity contribution in [3.8, 4) is 17.9 Å². The summed E-state index contributed by atoms with van der Waals surface area (Å²) in [6.07, 6.45) is 0.394. The second-order valence-corrected chi connectivity index (χ2v) is 3.71. The monoisotopic (exact) mass is 255 g/mol. The highest BCUT2D eigenvalue weighted by Crippen LogP contribution is 2.08. The Kier molecular flexibility index (Phi) is 5.85. The van der Waals surface area contributed by atoms with Gasteiger partial charge in [0.15, 0.2) is 5.78 Å². The molecule has 0 heterocycles. The van der Waals surface area contributed by atoms with Gasteiger partial charge in [0.1, 0.15) is 0 Å². The van der Waals surface area contributed by atoms with Crippen molar-refractivity contribution in [2.24, 2.45) is 0 Å². The van der Waals surface area contributed by atoms with E-state index >= 15 is 0 Å². The van der Waals surface area contributed by atoms with E-state index in [9.17, 15) is 9.59 Å². The summed E-state index contributed by atoms with van der Waals surface area (Å²) < 4.78 is 4.47. The Balaban J connectivity index is 2.62. The van der Waals surface area contributed by atoms with Crippen LogP contribution in [0.3, 0.4) is 0 Å². The topological polar surface area (TPSA) is 67.2 Å². The Labute approximate surface area is 112 Å². The van der Waals surface area contributed by atoms with Crippen LogP contribution in [0.5, 0.6) is 0 Å². The molecule has 0 radical (unpaired) electrons.